The standard InChI is InChI=1S/C14H25N3O2/c1-11(2)10-19-9-7-16-12-13(18)17(8-6-15-12)14(3,4)5/h6,8,11H,7,9-10H2,1-5H3,(H,15,16). The molecule has 0 atom stereocenters. The zero-order chi connectivity index (χ0) is 14.5. The largest absolute Gasteiger partial charge is 0.379 e. The van der Waals surface area contributed by atoms with E-state index in [9.17, 15) is 4.79 Å². The van der Waals surface area contributed by atoms with Crippen LogP contribution in [0.3, 0.4) is 0 Å². The lowest BCUT2D eigenvalue weighted by Gasteiger charge is -2.22. The van der Waals surface area contributed by atoms with E-state index in [0.717, 1.165) is 6.61 Å². The predicted octanol–water partition coefficient (Wildman–Crippen LogP) is 2.08. The summed E-state index contributed by atoms with van der Waals surface area (Å²) in [6, 6.07) is 0. The molecule has 0 aliphatic rings. The second kappa shape index (κ2) is 6.70. The van der Waals surface area contributed by atoms with Crippen molar-refractivity contribution < 1.29 is 4.74 Å². The minimum absolute atomic E-state index is 0.0983. The van der Waals surface area contributed by atoms with Crippen molar-refractivity contribution in [2.45, 2.75) is 40.2 Å². The monoisotopic (exact) mass is 267 g/mol. The van der Waals surface area contributed by atoms with Gasteiger partial charge in [0.25, 0.3) is 5.56 Å². The molecule has 0 aromatic carbocycles. The van der Waals surface area contributed by atoms with Crippen molar-refractivity contribution in [3.05, 3.63) is 22.7 Å². The SMILES string of the molecule is CC(C)COCCNc1nccn(C(C)(C)C)c1=O. The molecule has 0 aliphatic heterocycles. The molecule has 1 rings (SSSR count). The Hall–Kier alpha value is -1.36. The molecule has 1 heterocycles. The number of hydrogen-bond acceptors (Lipinski definition) is 4. The zero-order valence-electron chi connectivity index (χ0n) is 12.6. The van der Waals surface area contributed by atoms with Gasteiger partial charge in [-0.05, 0) is 26.7 Å². The van der Waals surface area contributed by atoms with Crippen LogP contribution < -0.4 is 10.9 Å². The number of aromatic nitrogens is 2. The first-order chi connectivity index (χ1) is 8.82. The Kier molecular flexibility index (Phi) is 5.54. The fourth-order valence-corrected chi connectivity index (χ4v) is 1.62. The summed E-state index contributed by atoms with van der Waals surface area (Å²) in [6.07, 6.45) is 3.35. The van der Waals surface area contributed by atoms with Crippen LogP contribution in [-0.2, 0) is 10.3 Å². The summed E-state index contributed by atoms with van der Waals surface area (Å²) in [5.41, 5.74) is -0.344. The van der Waals surface area contributed by atoms with E-state index in [0.29, 0.717) is 24.9 Å². The van der Waals surface area contributed by atoms with Crippen LogP contribution in [0.4, 0.5) is 5.82 Å². The molecule has 1 aromatic heterocycles. The highest BCUT2D eigenvalue weighted by atomic mass is 16.5. The van der Waals surface area contributed by atoms with Crippen molar-refractivity contribution >= 4 is 5.82 Å². The highest BCUT2D eigenvalue weighted by Gasteiger charge is 2.16. The quantitative estimate of drug-likeness (QED) is 0.802. The van der Waals surface area contributed by atoms with E-state index < -0.39 is 0 Å². The molecular weight excluding hydrogens is 242 g/mol. The van der Waals surface area contributed by atoms with Crippen molar-refractivity contribution in [2.24, 2.45) is 5.92 Å². The van der Waals surface area contributed by atoms with Gasteiger partial charge in [-0.3, -0.25) is 4.79 Å². The van der Waals surface area contributed by atoms with Gasteiger partial charge in [0, 0.05) is 31.1 Å². The van der Waals surface area contributed by atoms with Crippen molar-refractivity contribution in [3.8, 4) is 0 Å². The van der Waals surface area contributed by atoms with Crippen LogP contribution in [0, 0.1) is 5.92 Å². The van der Waals surface area contributed by atoms with Gasteiger partial charge in [0.05, 0.1) is 6.61 Å². The molecule has 108 valence electrons. The number of hydrogen-bond donors (Lipinski definition) is 1. The first-order valence-corrected chi connectivity index (χ1v) is 6.72. The van der Waals surface area contributed by atoms with Gasteiger partial charge < -0.3 is 14.6 Å². The normalized spacial score (nSPS) is 11.9. The van der Waals surface area contributed by atoms with Crippen LogP contribution in [-0.4, -0.2) is 29.3 Å². The third-order valence-corrected chi connectivity index (χ3v) is 2.55. The number of rotatable bonds is 6. The Labute approximate surface area is 115 Å². The average molecular weight is 267 g/mol. The summed E-state index contributed by atoms with van der Waals surface area (Å²) in [5, 5.41) is 3.03. The summed E-state index contributed by atoms with van der Waals surface area (Å²) in [4.78, 5) is 16.3. The summed E-state index contributed by atoms with van der Waals surface area (Å²) in [5.74, 6) is 0.901. The average Bonchev–Trinajstić information content (AvgIpc) is 2.28. The molecule has 5 nitrogen and oxygen atoms in total. The first-order valence-electron chi connectivity index (χ1n) is 6.72. The van der Waals surface area contributed by atoms with Gasteiger partial charge in [0.2, 0.25) is 0 Å². The lowest BCUT2D eigenvalue weighted by molar-refractivity contribution is 0.118. The summed E-state index contributed by atoms with van der Waals surface area (Å²) >= 11 is 0. The summed E-state index contributed by atoms with van der Waals surface area (Å²) < 4.78 is 7.13. The fraction of sp³-hybridized carbons (Fsp3) is 0.714. The zero-order valence-corrected chi connectivity index (χ0v) is 12.6. The number of ether oxygens (including phenoxy) is 1. The van der Waals surface area contributed by atoms with Gasteiger partial charge in [0.15, 0.2) is 5.82 Å². The van der Waals surface area contributed by atoms with E-state index in [-0.39, 0.29) is 11.1 Å². The van der Waals surface area contributed by atoms with Crippen LogP contribution in [0.2, 0.25) is 0 Å². The Morgan fingerprint density at radius 3 is 2.68 bits per heavy atom. The van der Waals surface area contributed by atoms with Gasteiger partial charge in [-0.2, -0.15) is 0 Å². The molecule has 1 aromatic rings. The molecule has 0 bridgehead atoms. The van der Waals surface area contributed by atoms with E-state index >= 15 is 0 Å². The molecule has 19 heavy (non-hydrogen) atoms. The minimum Gasteiger partial charge on any atom is -0.379 e. The van der Waals surface area contributed by atoms with E-state index in [4.69, 9.17) is 4.74 Å². The third kappa shape index (κ3) is 5.03. The van der Waals surface area contributed by atoms with Crippen LogP contribution in [0.15, 0.2) is 17.2 Å². The number of nitrogens with one attached hydrogen (secondary N) is 1. The van der Waals surface area contributed by atoms with E-state index in [1.54, 1.807) is 17.0 Å². The topological polar surface area (TPSA) is 56.1 Å². The van der Waals surface area contributed by atoms with E-state index in [2.05, 4.69) is 24.1 Å². The van der Waals surface area contributed by atoms with Gasteiger partial charge in [-0.25, -0.2) is 4.98 Å². The molecular formula is C14H25N3O2. The van der Waals surface area contributed by atoms with Crippen molar-refractivity contribution in [1.82, 2.24) is 9.55 Å². The molecule has 0 spiro atoms. The number of nitrogens with zero attached hydrogens (tertiary/aromatic N) is 2. The van der Waals surface area contributed by atoms with Crippen molar-refractivity contribution in [2.75, 3.05) is 25.1 Å². The maximum absolute atomic E-state index is 12.2. The highest BCUT2D eigenvalue weighted by Crippen LogP contribution is 2.10. The maximum Gasteiger partial charge on any atom is 0.293 e. The molecule has 0 saturated carbocycles. The van der Waals surface area contributed by atoms with Crippen molar-refractivity contribution in [3.63, 3.8) is 0 Å². The first kappa shape index (κ1) is 15.7. The Balaban J connectivity index is 2.58. The third-order valence-electron chi connectivity index (χ3n) is 2.55. The summed E-state index contributed by atoms with van der Waals surface area (Å²) in [7, 11) is 0. The van der Waals surface area contributed by atoms with E-state index in [1.165, 1.54) is 0 Å². The molecule has 0 saturated heterocycles. The molecule has 0 aliphatic carbocycles. The molecule has 1 N–H and O–H groups in total. The highest BCUT2D eigenvalue weighted by molar-refractivity contribution is 5.30. The Bertz CT molecular complexity index is 447. The smallest absolute Gasteiger partial charge is 0.293 e. The van der Waals surface area contributed by atoms with Gasteiger partial charge in [-0.15, -0.1) is 0 Å². The molecule has 0 unspecified atom stereocenters. The van der Waals surface area contributed by atoms with Crippen LogP contribution in [0.25, 0.3) is 0 Å². The fourth-order valence-electron chi connectivity index (χ4n) is 1.62. The Morgan fingerprint density at radius 1 is 1.42 bits per heavy atom. The lowest BCUT2D eigenvalue weighted by Crippen LogP contribution is -2.35. The molecule has 0 radical (unpaired) electrons. The molecule has 5 heteroatoms. The Morgan fingerprint density at radius 2 is 2.11 bits per heavy atom. The maximum atomic E-state index is 12.2. The van der Waals surface area contributed by atoms with Crippen LogP contribution in [0.5, 0.6) is 0 Å². The van der Waals surface area contributed by atoms with Crippen molar-refractivity contribution in [1.29, 1.82) is 0 Å². The lowest BCUT2D eigenvalue weighted by atomic mass is 10.1. The van der Waals surface area contributed by atoms with Crippen LogP contribution in [0.1, 0.15) is 34.6 Å². The van der Waals surface area contributed by atoms with Gasteiger partial charge in [-0.1, -0.05) is 13.8 Å². The summed E-state index contributed by atoms with van der Waals surface area (Å²) in [6.45, 7) is 12.1. The number of anilines is 1. The second-order valence-electron chi connectivity index (χ2n) is 6.02. The second-order valence-corrected chi connectivity index (χ2v) is 6.02. The van der Waals surface area contributed by atoms with Gasteiger partial charge in [0.1, 0.15) is 0 Å². The van der Waals surface area contributed by atoms with E-state index in [1.807, 2.05) is 20.8 Å². The molecule has 0 fully saturated rings. The van der Waals surface area contributed by atoms with Crippen LogP contribution >= 0.6 is 0 Å². The minimum atomic E-state index is -0.245. The van der Waals surface area contributed by atoms with Gasteiger partial charge >= 0.3 is 0 Å². The molecule has 0 amide bonds. The predicted molar refractivity (Wildman–Crippen MR) is 77.6 cm³/mol.